The van der Waals surface area contributed by atoms with Crippen molar-refractivity contribution in [3.8, 4) is 0 Å². The SMILES string of the molecule is CCc1nc(CN2CCN[C@@H](C)C2)cs1.Cl. The number of nitrogens with one attached hydrogen (secondary N) is 1. The Morgan fingerprint density at radius 1 is 1.62 bits per heavy atom. The van der Waals surface area contributed by atoms with E-state index in [4.69, 9.17) is 0 Å². The highest BCUT2D eigenvalue weighted by molar-refractivity contribution is 7.09. The van der Waals surface area contributed by atoms with Crippen molar-refractivity contribution >= 4 is 23.7 Å². The van der Waals surface area contributed by atoms with E-state index in [1.165, 1.54) is 10.7 Å². The molecule has 0 spiro atoms. The van der Waals surface area contributed by atoms with Gasteiger partial charge in [0, 0.05) is 37.6 Å². The number of nitrogens with zero attached hydrogens (tertiary/aromatic N) is 2. The maximum Gasteiger partial charge on any atom is 0.0926 e. The molecule has 1 aliphatic heterocycles. The van der Waals surface area contributed by atoms with Gasteiger partial charge in [-0.1, -0.05) is 6.92 Å². The van der Waals surface area contributed by atoms with E-state index in [1.54, 1.807) is 11.3 Å². The van der Waals surface area contributed by atoms with Crippen LogP contribution in [0.1, 0.15) is 24.5 Å². The van der Waals surface area contributed by atoms with Crippen LogP contribution in [0.4, 0.5) is 0 Å². The fraction of sp³-hybridized carbons (Fsp3) is 0.727. The highest BCUT2D eigenvalue weighted by Gasteiger charge is 2.16. The van der Waals surface area contributed by atoms with Crippen molar-refractivity contribution in [2.24, 2.45) is 0 Å². The number of piperazine rings is 1. The predicted molar refractivity (Wildman–Crippen MR) is 71.5 cm³/mol. The molecule has 0 saturated carbocycles. The monoisotopic (exact) mass is 261 g/mol. The van der Waals surface area contributed by atoms with E-state index in [0.717, 1.165) is 32.6 Å². The summed E-state index contributed by atoms with van der Waals surface area (Å²) in [6, 6.07) is 0.614. The minimum atomic E-state index is 0. The zero-order valence-corrected chi connectivity index (χ0v) is 11.5. The Labute approximate surface area is 108 Å². The van der Waals surface area contributed by atoms with Crippen LogP contribution in [0.3, 0.4) is 0 Å². The van der Waals surface area contributed by atoms with Crippen LogP contribution in [-0.4, -0.2) is 35.6 Å². The van der Waals surface area contributed by atoms with Crippen LogP contribution in [0.25, 0.3) is 0 Å². The Morgan fingerprint density at radius 2 is 2.44 bits per heavy atom. The van der Waals surface area contributed by atoms with Crippen LogP contribution in [-0.2, 0) is 13.0 Å². The molecular formula is C11H20ClN3S. The number of rotatable bonds is 3. The fourth-order valence-electron chi connectivity index (χ4n) is 1.97. The van der Waals surface area contributed by atoms with Crippen LogP contribution in [0.2, 0.25) is 0 Å². The summed E-state index contributed by atoms with van der Waals surface area (Å²) in [6.45, 7) is 8.80. The molecule has 0 unspecified atom stereocenters. The van der Waals surface area contributed by atoms with E-state index in [1.807, 2.05) is 0 Å². The van der Waals surface area contributed by atoms with Gasteiger partial charge in [-0.15, -0.1) is 23.7 Å². The van der Waals surface area contributed by atoms with Crippen LogP contribution in [0, 0.1) is 0 Å². The summed E-state index contributed by atoms with van der Waals surface area (Å²) in [7, 11) is 0. The third kappa shape index (κ3) is 3.70. The summed E-state index contributed by atoms with van der Waals surface area (Å²) in [5.74, 6) is 0. The minimum absolute atomic E-state index is 0. The summed E-state index contributed by atoms with van der Waals surface area (Å²) in [4.78, 5) is 7.09. The second-order valence-electron chi connectivity index (χ2n) is 4.18. The van der Waals surface area contributed by atoms with Gasteiger partial charge in [0.1, 0.15) is 0 Å². The van der Waals surface area contributed by atoms with Crippen molar-refractivity contribution in [2.75, 3.05) is 19.6 Å². The van der Waals surface area contributed by atoms with E-state index in [2.05, 4.69) is 34.4 Å². The largest absolute Gasteiger partial charge is 0.312 e. The first-order valence-corrected chi connectivity index (χ1v) is 6.55. The average molecular weight is 262 g/mol. The Balaban J connectivity index is 0.00000128. The predicted octanol–water partition coefficient (Wildman–Crippen LogP) is 1.92. The third-order valence-electron chi connectivity index (χ3n) is 2.74. The van der Waals surface area contributed by atoms with Crippen molar-refractivity contribution < 1.29 is 0 Å². The van der Waals surface area contributed by atoms with Crippen molar-refractivity contribution in [3.05, 3.63) is 16.1 Å². The second kappa shape index (κ2) is 6.55. The molecule has 1 saturated heterocycles. The van der Waals surface area contributed by atoms with Gasteiger partial charge in [0.25, 0.3) is 0 Å². The maximum absolute atomic E-state index is 4.60. The number of aryl methyl sites for hydroxylation is 1. The van der Waals surface area contributed by atoms with Gasteiger partial charge in [-0.05, 0) is 13.3 Å². The Hall–Kier alpha value is -0.160. The molecule has 2 rings (SSSR count). The highest BCUT2D eigenvalue weighted by Crippen LogP contribution is 2.13. The molecule has 1 aliphatic rings. The molecule has 0 aromatic carbocycles. The van der Waals surface area contributed by atoms with E-state index < -0.39 is 0 Å². The first kappa shape index (κ1) is 13.9. The molecule has 0 aliphatic carbocycles. The van der Waals surface area contributed by atoms with Gasteiger partial charge in [-0.3, -0.25) is 4.90 Å². The molecule has 1 aromatic rings. The van der Waals surface area contributed by atoms with Crippen molar-refractivity contribution in [2.45, 2.75) is 32.9 Å². The summed E-state index contributed by atoms with van der Waals surface area (Å²) in [5, 5.41) is 6.91. The molecule has 1 atom stereocenters. The maximum atomic E-state index is 4.60. The molecule has 3 nitrogen and oxygen atoms in total. The number of hydrogen-bond donors (Lipinski definition) is 1. The first-order chi connectivity index (χ1) is 7.28. The second-order valence-corrected chi connectivity index (χ2v) is 5.12. The van der Waals surface area contributed by atoms with Crippen LogP contribution in [0.5, 0.6) is 0 Å². The lowest BCUT2D eigenvalue weighted by Gasteiger charge is -2.31. The number of thiazole rings is 1. The first-order valence-electron chi connectivity index (χ1n) is 5.67. The van der Waals surface area contributed by atoms with E-state index in [0.29, 0.717) is 6.04 Å². The van der Waals surface area contributed by atoms with Crippen molar-refractivity contribution in [1.82, 2.24) is 15.2 Å². The molecule has 5 heteroatoms. The zero-order valence-electron chi connectivity index (χ0n) is 9.90. The zero-order chi connectivity index (χ0) is 10.7. The van der Waals surface area contributed by atoms with Gasteiger partial charge < -0.3 is 5.32 Å². The molecule has 92 valence electrons. The lowest BCUT2D eigenvalue weighted by Crippen LogP contribution is -2.48. The quantitative estimate of drug-likeness (QED) is 0.901. The topological polar surface area (TPSA) is 28.2 Å². The van der Waals surface area contributed by atoms with Crippen molar-refractivity contribution in [1.29, 1.82) is 0 Å². The lowest BCUT2D eigenvalue weighted by molar-refractivity contribution is 0.198. The molecule has 2 heterocycles. The van der Waals surface area contributed by atoms with Gasteiger partial charge in [0.15, 0.2) is 0 Å². The summed E-state index contributed by atoms with van der Waals surface area (Å²) < 4.78 is 0. The van der Waals surface area contributed by atoms with Crippen LogP contribution < -0.4 is 5.32 Å². The van der Waals surface area contributed by atoms with Crippen LogP contribution in [0.15, 0.2) is 5.38 Å². The highest BCUT2D eigenvalue weighted by atomic mass is 35.5. The summed E-state index contributed by atoms with van der Waals surface area (Å²) in [5.41, 5.74) is 1.24. The summed E-state index contributed by atoms with van der Waals surface area (Å²) >= 11 is 1.79. The van der Waals surface area contributed by atoms with Crippen LogP contribution >= 0.6 is 23.7 Å². The smallest absolute Gasteiger partial charge is 0.0926 e. The minimum Gasteiger partial charge on any atom is -0.312 e. The summed E-state index contributed by atoms with van der Waals surface area (Å²) in [6.07, 6.45) is 1.06. The van der Waals surface area contributed by atoms with E-state index in [9.17, 15) is 0 Å². The van der Waals surface area contributed by atoms with Crippen molar-refractivity contribution in [3.63, 3.8) is 0 Å². The molecule has 0 bridgehead atoms. The van der Waals surface area contributed by atoms with Gasteiger partial charge in [0.2, 0.25) is 0 Å². The normalized spacial score (nSPS) is 21.8. The van der Waals surface area contributed by atoms with Gasteiger partial charge in [-0.2, -0.15) is 0 Å². The van der Waals surface area contributed by atoms with Gasteiger partial charge >= 0.3 is 0 Å². The molecular weight excluding hydrogens is 242 g/mol. The molecule has 0 radical (unpaired) electrons. The third-order valence-corrected chi connectivity index (χ3v) is 3.78. The number of hydrogen-bond acceptors (Lipinski definition) is 4. The molecule has 0 amide bonds. The van der Waals surface area contributed by atoms with E-state index >= 15 is 0 Å². The van der Waals surface area contributed by atoms with E-state index in [-0.39, 0.29) is 12.4 Å². The molecule has 1 fully saturated rings. The fourth-order valence-corrected chi connectivity index (χ4v) is 2.70. The number of aromatic nitrogens is 1. The molecule has 16 heavy (non-hydrogen) atoms. The standard InChI is InChI=1S/C11H19N3S.ClH/c1-3-11-13-10(8-15-11)7-14-5-4-12-9(2)6-14;/h8-9,12H,3-7H2,1-2H3;1H/t9-;/m0./s1. The Bertz CT molecular complexity index is 316. The lowest BCUT2D eigenvalue weighted by atomic mass is 10.2. The Kier molecular flexibility index (Phi) is 5.69. The average Bonchev–Trinajstić information content (AvgIpc) is 2.65. The van der Waals surface area contributed by atoms with Gasteiger partial charge in [0.05, 0.1) is 10.7 Å². The van der Waals surface area contributed by atoms with Gasteiger partial charge in [-0.25, -0.2) is 4.98 Å². The Morgan fingerprint density at radius 3 is 3.06 bits per heavy atom. The number of halogens is 1. The molecule has 1 N–H and O–H groups in total. The molecule has 1 aromatic heterocycles.